The van der Waals surface area contributed by atoms with Crippen molar-refractivity contribution in [1.82, 2.24) is 20.0 Å². The van der Waals surface area contributed by atoms with Gasteiger partial charge in [-0.1, -0.05) is 23.9 Å². The Kier molecular flexibility index (Phi) is 8.48. The van der Waals surface area contributed by atoms with Crippen LogP contribution in [-0.2, 0) is 26.6 Å². The highest BCUT2D eigenvalue weighted by molar-refractivity contribution is 7.98. The van der Waals surface area contributed by atoms with Crippen molar-refractivity contribution in [3.8, 4) is 5.88 Å². The third-order valence-corrected chi connectivity index (χ3v) is 6.75. The lowest BCUT2D eigenvalue weighted by atomic mass is 10.2. The van der Waals surface area contributed by atoms with Crippen molar-refractivity contribution in [3.05, 3.63) is 41.5 Å². The van der Waals surface area contributed by atoms with Crippen LogP contribution in [0.15, 0.2) is 29.4 Å². The molecule has 3 heterocycles. The molecule has 202 valence electrons. The van der Waals surface area contributed by atoms with Gasteiger partial charge in [-0.25, -0.2) is 28.0 Å². The Morgan fingerprint density at radius 3 is 2.73 bits per heavy atom. The van der Waals surface area contributed by atoms with Gasteiger partial charge in [-0.05, 0) is 33.3 Å². The lowest BCUT2D eigenvalue weighted by molar-refractivity contribution is -0.107. The van der Waals surface area contributed by atoms with E-state index in [-0.39, 0.29) is 41.3 Å². The number of anilines is 1. The van der Waals surface area contributed by atoms with Crippen LogP contribution in [0.2, 0.25) is 0 Å². The standard InChI is InChI=1S/C22H27F2N5O6S2/c1-22(2,3)35-21(30)28-11-15(12-33-28)34-18-10-17(29(37(31)32)27-8-5-9-27)25-20(26-18)36-13-14-6-4-7-16(23)19(14)24/h4,6-7,10,15H,5,8-9,11-13H2,1-3H3,(H,31,32)/p-1. The highest BCUT2D eigenvalue weighted by Crippen LogP contribution is 2.30. The number of hydrogen-bond donors (Lipinski definition) is 0. The number of nitrogens with zero attached hydrogens (tertiary/aromatic N) is 5. The Hall–Kier alpha value is -2.59. The molecule has 2 unspecified atom stereocenters. The number of carbonyl (C=O) groups is 1. The monoisotopic (exact) mass is 558 g/mol. The summed E-state index contributed by atoms with van der Waals surface area (Å²) in [5, 5.41) is 2.72. The van der Waals surface area contributed by atoms with Crippen LogP contribution in [0.3, 0.4) is 0 Å². The maximum atomic E-state index is 14.1. The molecule has 2 aliphatic rings. The SMILES string of the molecule is CC(C)(C)OC(=O)N1CC(Oc2cc(N(N3CCC3)S(=O)[O-])nc(SCc3cccc(F)c3F)n2)CO1. The van der Waals surface area contributed by atoms with Gasteiger partial charge >= 0.3 is 6.09 Å². The fraction of sp³-hybridized carbons (Fsp3) is 0.500. The first-order valence-corrected chi connectivity index (χ1v) is 13.4. The van der Waals surface area contributed by atoms with E-state index in [1.54, 1.807) is 25.8 Å². The van der Waals surface area contributed by atoms with Gasteiger partial charge < -0.3 is 14.0 Å². The zero-order chi connectivity index (χ0) is 26.7. The van der Waals surface area contributed by atoms with Crippen LogP contribution >= 0.6 is 11.8 Å². The van der Waals surface area contributed by atoms with Crippen LogP contribution in [0.5, 0.6) is 5.88 Å². The number of thioether (sulfide) groups is 1. The fourth-order valence-electron chi connectivity index (χ4n) is 3.36. The number of aromatic nitrogens is 2. The second kappa shape index (κ2) is 11.4. The minimum absolute atomic E-state index is 0.00434. The molecule has 1 aromatic carbocycles. The molecule has 4 rings (SSSR count). The number of rotatable bonds is 8. The Morgan fingerprint density at radius 1 is 1.32 bits per heavy atom. The summed E-state index contributed by atoms with van der Waals surface area (Å²) in [5.74, 6) is -1.89. The maximum Gasteiger partial charge on any atom is 0.434 e. The first-order valence-electron chi connectivity index (χ1n) is 11.4. The minimum atomic E-state index is -2.67. The quantitative estimate of drug-likeness (QED) is 0.271. The zero-order valence-electron chi connectivity index (χ0n) is 20.4. The molecule has 0 aliphatic carbocycles. The number of hydrogen-bond acceptors (Lipinski definition) is 10. The van der Waals surface area contributed by atoms with E-state index >= 15 is 0 Å². The van der Waals surface area contributed by atoms with E-state index in [4.69, 9.17) is 14.3 Å². The predicted octanol–water partition coefficient (Wildman–Crippen LogP) is 3.20. The molecular formula is C22H26F2N5O6S2-. The number of amides is 1. The molecule has 0 spiro atoms. The van der Waals surface area contributed by atoms with Crippen LogP contribution < -0.4 is 9.15 Å². The van der Waals surface area contributed by atoms with Crippen molar-refractivity contribution >= 4 is 34.9 Å². The average Bonchev–Trinajstić information content (AvgIpc) is 3.24. The van der Waals surface area contributed by atoms with E-state index in [0.717, 1.165) is 33.7 Å². The molecule has 11 nitrogen and oxygen atoms in total. The Bertz CT molecular complexity index is 1170. The molecule has 0 saturated carbocycles. The minimum Gasteiger partial charge on any atom is -0.754 e. The number of hydroxylamine groups is 2. The topological polar surface area (TPSA) is 120 Å². The van der Waals surface area contributed by atoms with Gasteiger partial charge in [0.1, 0.15) is 18.3 Å². The van der Waals surface area contributed by atoms with Crippen LogP contribution in [0.4, 0.5) is 19.4 Å². The van der Waals surface area contributed by atoms with E-state index in [0.29, 0.717) is 13.1 Å². The highest BCUT2D eigenvalue weighted by atomic mass is 32.2. The Balaban J connectivity index is 1.54. The van der Waals surface area contributed by atoms with Gasteiger partial charge in [0.25, 0.3) is 0 Å². The lowest BCUT2D eigenvalue weighted by Crippen LogP contribution is -2.51. The van der Waals surface area contributed by atoms with E-state index in [9.17, 15) is 22.3 Å². The summed E-state index contributed by atoms with van der Waals surface area (Å²) in [6.45, 7) is 6.31. The van der Waals surface area contributed by atoms with Crippen LogP contribution in [0.1, 0.15) is 32.8 Å². The van der Waals surface area contributed by atoms with Gasteiger partial charge in [-0.15, -0.1) is 0 Å². The Labute approximate surface area is 219 Å². The largest absolute Gasteiger partial charge is 0.754 e. The predicted molar refractivity (Wildman–Crippen MR) is 129 cm³/mol. The highest BCUT2D eigenvalue weighted by Gasteiger charge is 2.33. The van der Waals surface area contributed by atoms with Crippen molar-refractivity contribution in [2.24, 2.45) is 0 Å². The molecule has 2 aromatic rings. The molecule has 1 amide bonds. The molecule has 0 bridgehead atoms. The molecule has 0 N–H and O–H groups in total. The molecule has 2 fully saturated rings. The number of benzene rings is 1. The van der Waals surface area contributed by atoms with Gasteiger partial charge in [0, 0.05) is 30.5 Å². The summed E-state index contributed by atoms with van der Waals surface area (Å²) in [6, 6.07) is 5.21. The second-order valence-electron chi connectivity index (χ2n) is 9.22. The van der Waals surface area contributed by atoms with Crippen LogP contribution in [0, 0.1) is 11.6 Å². The van der Waals surface area contributed by atoms with Gasteiger partial charge in [0.05, 0.1) is 17.8 Å². The molecule has 15 heteroatoms. The number of carbonyl (C=O) groups excluding carboxylic acids is 1. The van der Waals surface area contributed by atoms with Crippen LogP contribution in [0.25, 0.3) is 0 Å². The molecule has 37 heavy (non-hydrogen) atoms. The Morgan fingerprint density at radius 2 is 2.08 bits per heavy atom. The smallest absolute Gasteiger partial charge is 0.434 e. The second-order valence-corrected chi connectivity index (χ2v) is 10.9. The third-order valence-electron chi connectivity index (χ3n) is 5.15. The molecule has 1 aromatic heterocycles. The van der Waals surface area contributed by atoms with Crippen molar-refractivity contribution in [1.29, 1.82) is 0 Å². The number of halogens is 2. The number of hydrazine groups is 1. The van der Waals surface area contributed by atoms with Crippen molar-refractivity contribution < 1.29 is 36.6 Å². The van der Waals surface area contributed by atoms with E-state index in [2.05, 4.69) is 9.97 Å². The fourth-order valence-corrected chi connectivity index (χ4v) is 4.78. The summed E-state index contributed by atoms with van der Waals surface area (Å²) in [5.41, 5.74) is -0.603. The van der Waals surface area contributed by atoms with Gasteiger partial charge in [0.2, 0.25) is 5.88 Å². The van der Waals surface area contributed by atoms with Gasteiger partial charge in [-0.2, -0.15) is 10.0 Å². The van der Waals surface area contributed by atoms with Crippen molar-refractivity contribution in [2.75, 3.05) is 30.7 Å². The zero-order valence-corrected chi connectivity index (χ0v) is 22.0. The summed E-state index contributed by atoms with van der Waals surface area (Å²) in [7, 11) is 0. The lowest BCUT2D eigenvalue weighted by Gasteiger charge is -2.41. The van der Waals surface area contributed by atoms with Gasteiger partial charge in [0.15, 0.2) is 22.6 Å². The summed E-state index contributed by atoms with van der Waals surface area (Å²) in [6.07, 6.45) is -0.465. The van der Waals surface area contributed by atoms with E-state index in [1.807, 2.05) is 0 Å². The third kappa shape index (κ3) is 7.04. The maximum absolute atomic E-state index is 14.1. The number of ether oxygens (including phenoxy) is 2. The first-order chi connectivity index (χ1) is 17.5. The van der Waals surface area contributed by atoms with Crippen molar-refractivity contribution in [2.45, 2.75) is 49.8 Å². The summed E-state index contributed by atoms with van der Waals surface area (Å²) < 4.78 is 63.9. The summed E-state index contributed by atoms with van der Waals surface area (Å²) >= 11 is -1.68. The van der Waals surface area contributed by atoms with Crippen molar-refractivity contribution in [3.63, 3.8) is 0 Å². The summed E-state index contributed by atoms with van der Waals surface area (Å²) in [4.78, 5) is 26.3. The molecule has 2 aliphatic heterocycles. The molecule has 2 atom stereocenters. The first kappa shape index (κ1) is 27.4. The molecule has 2 saturated heterocycles. The average molecular weight is 559 g/mol. The van der Waals surface area contributed by atoms with E-state index in [1.165, 1.54) is 18.2 Å². The molecular weight excluding hydrogens is 532 g/mol. The normalized spacial score (nSPS) is 18.9. The van der Waals surface area contributed by atoms with Crippen LogP contribution in [-0.4, -0.2) is 72.8 Å². The van der Waals surface area contributed by atoms with Gasteiger partial charge in [-0.3, -0.25) is 9.05 Å². The van der Waals surface area contributed by atoms with E-state index < -0.39 is 40.7 Å². The molecule has 0 radical (unpaired) electrons.